The van der Waals surface area contributed by atoms with Crippen LogP contribution < -0.4 is 15.4 Å². The summed E-state index contributed by atoms with van der Waals surface area (Å²) < 4.78 is 33.1. The number of amides is 1. The second-order valence-electron chi connectivity index (χ2n) is 10.9. The number of carbonyl (C=O) groups is 1. The van der Waals surface area contributed by atoms with E-state index >= 15 is 0 Å². The van der Waals surface area contributed by atoms with E-state index in [1.54, 1.807) is 6.07 Å². The minimum absolute atomic E-state index is 0.0149. The fourth-order valence-electron chi connectivity index (χ4n) is 5.46. The average molecular weight is 649 g/mol. The lowest BCUT2D eigenvalue weighted by Crippen LogP contribution is -2.44. The van der Waals surface area contributed by atoms with E-state index in [9.17, 15) is 13.6 Å². The lowest BCUT2D eigenvalue weighted by molar-refractivity contribution is -0.128. The van der Waals surface area contributed by atoms with Crippen molar-refractivity contribution in [3.8, 4) is 5.75 Å². The van der Waals surface area contributed by atoms with Gasteiger partial charge in [-0.25, -0.2) is 8.78 Å². The molecule has 1 atom stereocenters. The van der Waals surface area contributed by atoms with Gasteiger partial charge in [-0.1, -0.05) is 71.2 Å². The van der Waals surface area contributed by atoms with E-state index in [-0.39, 0.29) is 35.4 Å². The number of ether oxygens (including phenoxy) is 1. The van der Waals surface area contributed by atoms with Gasteiger partial charge in [-0.3, -0.25) is 4.79 Å². The van der Waals surface area contributed by atoms with Crippen molar-refractivity contribution in [2.75, 3.05) is 26.7 Å². The fraction of sp³-hybridized carbons (Fsp3) is 0.364. The minimum Gasteiger partial charge on any atom is -0.489 e. The highest BCUT2D eigenvalue weighted by molar-refractivity contribution is 6.42. The lowest BCUT2D eigenvalue weighted by Gasteiger charge is -2.29. The summed E-state index contributed by atoms with van der Waals surface area (Å²) in [6, 6.07) is 15.7. The largest absolute Gasteiger partial charge is 0.489 e. The Morgan fingerprint density at radius 1 is 1.02 bits per heavy atom. The molecule has 228 valence electrons. The molecular formula is C33H34Cl3F2N3O2. The van der Waals surface area contributed by atoms with E-state index < -0.39 is 11.6 Å². The van der Waals surface area contributed by atoms with E-state index in [1.807, 2.05) is 36.2 Å². The van der Waals surface area contributed by atoms with Crippen LogP contribution in [0.15, 0.2) is 60.2 Å². The van der Waals surface area contributed by atoms with Crippen molar-refractivity contribution in [3.63, 3.8) is 0 Å². The number of aryl methyl sites for hydroxylation is 1. The number of likely N-dealkylation sites (N-methyl/N-ethyl adjacent to an activating group) is 1. The lowest BCUT2D eigenvalue weighted by atomic mass is 9.91. The first kappa shape index (κ1) is 31.7. The minimum atomic E-state index is -0.719. The molecule has 0 radical (unpaired) electrons. The van der Waals surface area contributed by atoms with Gasteiger partial charge in [-0.15, -0.1) is 0 Å². The monoisotopic (exact) mass is 647 g/mol. The van der Waals surface area contributed by atoms with Gasteiger partial charge in [0.1, 0.15) is 10.8 Å². The number of nitrogens with zero attached hydrogens (tertiary/aromatic N) is 1. The molecule has 0 spiro atoms. The molecule has 0 bridgehead atoms. The van der Waals surface area contributed by atoms with Crippen LogP contribution in [0.3, 0.4) is 0 Å². The first-order chi connectivity index (χ1) is 20.8. The zero-order valence-corrected chi connectivity index (χ0v) is 26.1. The Morgan fingerprint density at radius 2 is 1.77 bits per heavy atom. The Bertz CT molecular complexity index is 1500. The van der Waals surface area contributed by atoms with Crippen LogP contribution in [0, 0.1) is 11.6 Å². The normalized spacial score (nSPS) is 17.1. The van der Waals surface area contributed by atoms with Crippen molar-refractivity contribution >= 4 is 46.3 Å². The third kappa shape index (κ3) is 7.52. The summed E-state index contributed by atoms with van der Waals surface area (Å²) in [5.41, 5.74) is 4.69. The predicted octanol–water partition coefficient (Wildman–Crippen LogP) is 7.46. The Kier molecular flexibility index (Phi) is 10.6. The molecule has 3 aromatic carbocycles. The molecule has 43 heavy (non-hydrogen) atoms. The molecular weight excluding hydrogens is 615 g/mol. The van der Waals surface area contributed by atoms with E-state index in [4.69, 9.17) is 39.5 Å². The highest BCUT2D eigenvalue weighted by Gasteiger charge is 2.37. The molecule has 2 N–H and O–H groups in total. The van der Waals surface area contributed by atoms with Gasteiger partial charge in [0.05, 0.1) is 22.7 Å². The van der Waals surface area contributed by atoms with Gasteiger partial charge in [0, 0.05) is 24.7 Å². The SMILES string of the molecule is CNC1CNCCC(c2ccc(CCCOc3c(F)ccc(F)c3Cl)cc2)=C1C(=O)N(Cc1cccc(Cl)c1Cl)C1CC1. The quantitative estimate of drug-likeness (QED) is 0.167. The summed E-state index contributed by atoms with van der Waals surface area (Å²) in [6.07, 6.45) is 3.90. The van der Waals surface area contributed by atoms with Gasteiger partial charge in [0.2, 0.25) is 0 Å². The smallest absolute Gasteiger partial charge is 0.252 e. The van der Waals surface area contributed by atoms with Crippen molar-refractivity contribution in [1.82, 2.24) is 15.5 Å². The van der Waals surface area contributed by atoms with E-state index in [2.05, 4.69) is 22.8 Å². The summed E-state index contributed by atoms with van der Waals surface area (Å²) in [5.74, 6) is -1.66. The Labute approximate surface area is 266 Å². The van der Waals surface area contributed by atoms with Crippen LogP contribution in [-0.4, -0.2) is 49.6 Å². The van der Waals surface area contributed by atoms with E-state index in [1.165, 1.54) is 0 Å². The molecule has 1 fully saturated rings. The Balaban J connectivity index is 1.34. The van der Waals surface area contributed by atoms with E-state index in [0.717, 1.165) is 59.4 Å². The molecule has 5 nitrogen and oxygen atoms in total. The molecule has 3 aromatic rings. The van der Waals surface area contributed by atoms with Gasteiger partial charge >= 0.3 is 0 Å². The van der Waals surface area contributed by atoms with Crippen LogP contribution >= 0.6 is 34.8 Å². The van der Waals surface area contributed by atoms with Gasteiger partial charge < -0.3 is 20.3 Å². The van der Waals surface area contributed by atoms with Crippen LogP contribution in [-0.2, 0) is 17.8 Å². The molecule has 1 aliphatic carbocycles. The third-order valence-corrected chi connectivity index (χ3v) is 9.14. The van der Waals surface area contributed by atoms with Crippen LogP contribution in [0.1, 0.15) is 42.4 Å². The van der Waals surface area contributed by atoms with Crippen molar-refractivity contribution in [3.05, 3.63) is 104 Å². The second-order valence-corrected chi connectivity index (χ2v) is 12.0. The number of hydrogen-bond donors (Lipinski definition) is 2. The number of rotatable bonds is 11. The average Bonchev–Trinajstić information content (AvgIpc) is 3.87. The summed E-state index contributed by atoms with van der Waals surface area (Å²) in [7, 11) is 1.88. The number of halogens is 5. The number of carbonyl (C=O) groups excluding carboxylic acids is 1. The topological polar surface area (TPSA) is 53.6 Å². The maximum Gasteiger partial charge on any atom is 0.252 e. The standard InChI is InChI=1S/C33H34Cl3F2N3O2/c1-39-28-18-40-16-15-24(29(28)33(42)41(23-11-12-23)19-22-5-2-6-25(34)30(22)35)21-9-7-20(8-10-21)4-3-17-43-32-27(38)14-13-26(37)31(32)36/h2,5-10,13-14,23,28,39-40H,3-4,11-12,15-19H2,1H3. The maximum atomic E-state index is 14.4. The molecule has 10 heteroatoms. The molecule has 1 saturated carbocycles. The maximum absolute atomic E-state index is 14.4. The third-order valence-electron chi connectivity index (χ3n) is 7.93. The van der Waals surface area contributed by atoms with Gasteiger partial charge in [0.25, 0.3) is 5.91 Å². The zero-order chi connectivity index (χ0) is 30.5. The summed E-state index contributed by atoms with van der Waals surface area (Å²) in [5, 5.41) is 7.43. The van der Waals surface area contributed by atoms with Crippen molar-refractivity contribution in [2.45, 2.75) is 50.7 Å². The van der Waals surface area contributed by atoms with Crippen molar-refractivity contribution < 1.29 is 18.3 Å². The molecule has 0 saturated heterocycles. The Morgan fingerprint density at radius 3 is 2.49 bits per heavy atom. The van der Waals surface area contributed by atoms with Crippen molar-refractivity contribution in [1.29, 1.82) is 0 Å². The van der Waals surface area contributed by atoms with Gasteiger partial charge in [-0.05, 0) is 86.2 Å². The fourth-order valence-corrected chi connectivity index (χ4v) is 6.04. The molecule has 0 aromatic heterocycles. The molecule has 1 heterocycles. The van der Waals surface area contributed by atoms with Crippen molar-refractivity contribution in [2.24, 2.45) is 0 Å². The number of hydrogen-bond acceptors (Lipinski definition) is 4. The summed E-state index contributed by atoms with van der Waals surface area (Å²) in [6.45, 7) is 1.99. The van der Waals surface area contributed by atoms with Crippen LogP contribution in [0.4, 0.5) is 8.78 Å². The summed E-state index contributed by atoms with van der Waals surface area (Å²) >= 11 is 18.7. The van der Waals surface area contributed by atoms with Gasteiger partial charge in [0.15, 0.2) is 11.6 Å². The van der Waals surface area contributed by atoms with E-state index in [0.29, 0.717) is 42.4 Å². The molecule has 1 aliphatic heterocycles. The zero-order valence-electron chi connectivity index (χ0n) is 23.9. The first-order valence-electron chi connectivity index (χ1n) is 14.5. The number of nitrogens with one attached hydrogen (secondary N) is 2. The number of benzene rings is 3. The molecule has 2 aliphatic rings. The second kappa shape index (κ2) is 14.4. The predicted molar refractivity (Wildman–Crippen MR) is 169 cm³/mol. The van der Waals surface area contributed by atoms with Crippen LogP contribution in [0.25, 0.3) is 5.57 Å². The highest BCUT2D eigenvalue weighted by Crippen LogP contribution is 2.36. The van der Waals surface area contributed by atoms with Crippen LogP contribution in [0.2, 0.25) is 15.1 Å². The first-order valence-corrected chi connectivity index (χ1v) is 15.6. The molecule has 5 rings (SSSR count). The molecule has 1 amide bonds. The highest BCUT2D eigenvalue weighted by atomic mass is 35.5. The molecule has 1 unspecified atom stereocenters. The van der Waals surface area contributed by atoms with Gasteiger partial charge in [-0.2, -0.15) is 0 Å². The summed E-state index contributed by atoms with van der Waals surface area (Å²) in [4.78, 5) is 16.3. The van der Waals surface area contributed by atoms with Crippen LogP contribution in [0.5, 0.6) is 5.75 Å². The Hall–Kier alpha value is -2.68.